The van der Waals surface area contributed by atoms with E-state index in [0.717, 1.165) is 39.3 Å². The molecule has 0 fully saturated rings. The Morgan fingerprint density at radius 3 is 2.27 bits per heavy atom. The molecule has 0 unspecified atom stereocenters. The van der Waals surface area contributed by atoms with Crippen LogP contribution >= 0.6 is 0 Å². The summed E-state index contributed by atoms with van der Waals surface area (Å²) in [6.45, 7) is 7.84. The predicted molar refractivity (Wildman–Crippen MR) is 61.3 cm³/mol. The van der Waals surface area contributed by atoms with Crippen molar-refractivity contribution in [2.75, 3.05) is 53.2 Å². The van der Waals surface area contributed by atoms with Gasteiger partial charge in [-0.25, -0.2) is 0 Å². The van der Waals surface area contributed by atoms with E-state index in [1.807, 2.05) is 0 Å². The van der Waals surface area contributed by atoms with E-state index >= 15 is 0 Å². The maximum Gasteiger partial charge on any atom is 0.0700 e. The molecule has 0 heterocycles. The topological polar surface area (TPSA) is 39.7 Å². The molecule has 0 aliphatic rings. The van der Waals surface area contributed by atoms with E-state index in [1.54, 1.807) is 7.11 Å². The lowest BCUT2D eigenvalue weighted by atomic mass is 10.5. The van der Waals surface area contributed by atoms with Crippen molar-refractivity contribution in [2.24, 2.45) is 0 Å². The summed E-state index contributed by atoms with van der Waals surface area (Å²) in [5.41, 5.74) is 0. The summed E-state index contributed by atoms with van der Waals surface area (Å²) < 4.78 is 15.6. The van der Waals surface area contributed by atoms with Gasteiger partial charge in [-0.1, -0.05) is 6.92 Å². The van der Waals surface area contributed by atoms with Gasteiger partial charge in [-0.2, -0.15) is 0 Å². The molecule has 0 aliphatic heterocycles. The summed E-state index contributed by atoms with van der Waals surface area (Å²) in [4.78, 5) is 0. The van der Waals surface area contributed by atoms with Gasteiger partial charge in [-0.05, 0) is 19.4 Å². The standard InChI is InChI=1S/C11H25NO3/c1-3-5-12-6-9-14-7-4-8-15-11-10-13-2/h12H,3-11H2,1-2H3. The molecule has 0 aromatic heterocycles. The lowest BCUT2D eigenvalue weighted by Gasteiger charge is -2.06. The van der Waals surface area contributed by atoms with E-state index in [4.69, 9.17) is 14.2 Å². The number of ether oxygens (including phenoxy) is 3. The molecule has 0 aromatic carbocycles. The van der Waals surface area contributed by atoms with E-state index in [0.29, 0.717) is 13.2 Å². The Morgan fingerprint density at radius 1 is 0.867 bits per heavy atom. The first-order chi connectivity index (χ1) is 7.41. The predicted octanol–water partition coefficient (Wildman–Crippen LogP) is 1.06. The Kier molecular flexibility index (Phi) is 13.7. The van der Waals surface area contributed by atoms with Crippen LogP contribution in [0.2, 0.25) is 0 Å². The van der Waals surface area contributed by atoms with Crippen LogP contribution in [0.3, 0.4) is 0 Å². The summed E-state index contributed by atoms with van der Waals surface area (Å²) >= 11 is 0. The highest BCUT2D eigenvalue weighted by Gasteiger charge is 1.90. The molecule has 0 rings (SSSR count). The Balaban J connectivity index is 2.81. The first kappa shape index (κ1) is 14.8. The molecular weight excluding hydrogens is 194 g/mol. The molecule has 0 amide bonds. The van der Waals surface area contributed by atoms with Crippen molar-refractivity contribution in [2.45, 2.75) is 19.8 Å². The number of rotatable bonds is 12. The van der Waals surface area contributed by atoms with Gasteiger partial charge < -0.3 is 19.5 Å². The molecule has 0 saturated heterocycles. The molecule has 0 atom stereocenters. The average Bonchev–Trinajstić information content (AvgIpc) is 2.26. The molecule has 0 bridgehead atoms. The van der Waals surface area contributed by atoms with Gasteiger partial charge in [-0.15, -0.1) is 0 Å². The minimum Gasteiger partial charge on any atom is -0.382 e. The van der Waals surface area contributed by atoms with Gasteiger partial charge in [0, 0.05) is 26.9 Å². The molecule has 4 heteroatoms. The van der Waals surface area contributed by atoms with E-state index in [9.17, 15) is 0 Å². The van der Waals surface area contributed by atoms with Crippen LogP contribution in [0.25, 0.3) is 0 Å². The van der Waals surface area contributed by atoms with Crippen molar-refractivity contribution in [1.82, 2.24) is 5.32 Å². The highest BCUT2D eigenvalue weighted by atomic mass is 16.5. The van der Waals surface area contributed by atoms with Crippen LogP contribution in [0.4, 0.5) is 0 Å². The van der Waals surface area contributed by atoms with Crippen LogP contribution in [0.15, 0.2) is 0 Å². The molecule has 4 nitrogen and oxygen atoms in total. The third kappa shape index (κ3) is 13.8. The molecule has 0 aromatic rings. The van der Waals surface area contributed by atoms with Crippen molar-refractivity contribution < 1.29 is 14.2 Å². The van der Waals surface area contributed by atoms with Gasteiger partial charge in [0.05, 0.1) is 19.8 Å². The maximum atomic E-state index is 5.41. The minimum atomic E-state index is 0.668. The highest BCUT2D eigenvalue weighted by molar-refractivity contribution is 4.43. The molecule has 0 aliphatic carbocycles. The van der Waals surface area contributed by atoms with Gasteiger partial charge in [0.2, 0.25) is 0 Å². The lowest BCUT2D eigenvalue weighted by molar-refractivity contribution is 0.0518. The van der Waals surface area contributed by atoms with Crippen LogP contribution in [-0.2, 0) is 14.2 Å². The summed E-state index contributed by atoms with van der Waals surface area (Å²) in [6.07, 6.45) is 2.13. The fourth-order valence-corrected chi connectivity index (χ4v) is 1.06. The highest BCUT2D eigenvalue weighted by Crippen LogP contribution is 1.85. The first-order valence-electron chi connectivity index (χ1n) is 5.77. The van der Waals surface area contributed by atoms with Crippen molar-refractivity contribution in [3.8, 4) is 0 Å². The van der Waals surface area contributed by atoms with E-state index in [-0.39, 0.29) is 0 Å². The van der Waals surface area contributed by atoms with Crippen LogP contribution < -0.4 is 5.32 Å². The molecule has 15 heavy (non-hydrogen) atoms. The minimum absolute atomic E-state index is 0.668. The zero-order chi connectivity index (χ0) is 11.2. The fourth-order valence-electron chi connectivity index (χ4n) is 1.06. The third-order valence-electron chi connectivity index (χ3n) is 1.86. The Morgan fingerprint density at radius 2 is 1.60 bits per heavy atom. The Labute approximate surface area is 93.3 Å². The van der Waals surface area contributed by atoms with Gasteiger partial charge in [0.15, 0.2) is 0 Å². The van der Waals surface area contributed by atoms with Crippen molar-refractivity contribution >= 4 is 0 Å². The summed E-state index contributed by atoms with van der Waals surface area (Å²) in [5.74, 6) is 0. The summed E-state index contributed by atoms with van der Waals surface area (Å²) in [7, 11) is 1.68. The van der Waals surface area contributed by atoms with Crippen LogP contribution in [-0.4, -0.2) is 53.2 Å². The Hall–Kier alpha value is -0.160. The second-order valence-corrected chi connectivity index (χ2v) is 3.32. The van der Waals surface area contributed by atoms with Crippen LogP contribution in [0.5, 0.6) is 0 Å². The molecule has 0 spiro atoms. The SMILES string of the molecule is CCCNCCOCCCOCCOC. The molecule has 0 saturated carbocycles. The summed E-state index contributed by atoms with van der Waals surface area (Å²) in [6, 6.07) is 0. The normalized spacial score (nSPS) is 10.8. The van der Waals surface area contributed by atoms with Gasteiger partial charge >= 0.3 is 0 Å². The summed E-state index contributed by atoms with van der Waals surface area (Å²) in [5, 5.41) is 3.28. The molecule has 0 radical (unpaired) electrons. The zero-order valence-corrected chi connectivity index (χ0v) is 10.1. The van der Waals surface area contributed by atoms with Crippen molar-refractivity contribution in [1.29, 1.82) is 0 Å². The average molecular weight is 219 g/mol. The number of hydrogen-bond donors (Lipinski definition) is 1. The quantitative estimate of drug-likeness (QED) is 0.498. The second kappa shape index (κ2) is 13.8. The second-order valence-electron chi connectivity index (χ2n) is 3.32. The third-order valence-corrected chi connectivity index (χ3v) is 1.86. The van der Waals surface area contributed by atoms with Crippen molar-refractivity contribution in [3.63, 3.8) is 0 Å². The van der Waals surface area contributed by atoms with E-state index in [1.165, 1.54) is 6.42 Å². The molecule has 1 N–H and O–H groups in total. The molecule has 92 valence electrons. The molecular formula is C11H25NO3. The number of methoxy groups -OCH3 is 1. The monoisotopic (exact) mass is 219 g/mol. The lowest BCUT2D eigenvalue weighted by Crippen LogP contribution is -2.20. The maximum absolute atomic E-state index is 5.41. The van der Waals surface area contributed by atoms with Crippen LogP contribution in [0.1, 0.15) is 19.8 Å². The van der Waals surface area contributed by atoms with Crippen LogP contribution in [0, 0.1) is 0 Å². The smallest absolute Gasteiger partial charge is 0.0700 e. The van der Waals surface area contributed by atoms with Gasteiger partial charge in [-0.3, -0.25) is 0 Å². The fraction of sp³-hybridized carbons (Fsp3) is 1.00. The first-order valence-corrected chi connectivity index (χ1v) is 5.77. The Bertz CT molecular complexity index is 100. The number of nitrogens with one attached hydrogen (secondary N) is 1. The van der Waals surface area contributed by atoms with Gasteiger partial charge in [0.25, 0.3) is 0 Å². The largest absolute Gasteiger partial charge is 0.382 e. The number of hydrogen-bond acceptors (Lipinski definition) is 4. The van der Waals surface area contributed by atoms with Crippen molar-refractivity contribution in [3.05, 3.63) is 0 Å². The zero-order valence-electron chi connectivity index (χ0n) is 10.1. The van der Waals surface area contributed by atoms with Gasteiger partial charge in [0.1, 0.15) is 0 Å². The van der Waals surface area contributed by atoms with E-state index in [2.05, 4.69) is 12.2 Å². The van der Waals surface area contributed by atoms with E-state index < -0.39 is 0 Å².